The molecule has 2 rings (SSSR count). The summed E-state index contributed by atoms with van der Waals surface area (Å²) in [5.74, 6) is 1.55. The Morgan fingerprint density at radius 3 is 2.81 bits per heavy atom. The zero-order valence-corrected chi connectivity index (χ0v) is 13.8. The monoisotopic (exact) mass is 308 g/mol. The number of aliphatic hydroxyl groups is 1. The molecule has 0 bridgehead atoms. The smallest absolute Gasteiger partial charge is 0.226 e. The molecule has 116 valence electrons. The molecule has 2 aromatic rings. The van der Waals surface area contributed by atoms with E-state index in [0.29, 0.717) is 5.95 Å². The fourth-order valence-electron chi connectivity index (χ4n) is 2.20. The summed E-state index contributed by atoms with van der Waals surface area (Å²) in [7, 11) is 0. The lowest BCUT2D eigenvalue weighted by Gasteiger charge is -2.25. The van der Waals surface area contributed by atoms with E-state index in [0.717, 1.165) is 42.0 Å². The van der Waals surface area contributed by atoms with E-state index >= 15 is 0 Å². The summed E-state index contributed by atoms with van der Waals surface area (Å²) < 4.78 is 0. The molecule has 2 heterocycles. The first-order chi connectivity index (χ1) is 10.1. The fourth-order valence-corrected chi connectivity index (χ4v) is 2.96. The van der Waals surface area contributed by atoms with E-state index in [-0.39, 0.29) is 12.0 Å². The summed E-state index contributed by atoms with van der Waals surface area (Å²) in [6.45, 7) is 8.31. The van der Waals surface area contributed by atoms with Crippen LogP contribution >= 0.6 is 11.3 Å². The predicted octanol–water partition coefficient (Wildman–Crippen LogP) is 3.33. The number of rotatable bonds is 8. The number of hydrogen-bond donors (Lipinski definition) is 3. The Morgan fingerprint density at radius 1 is 1.29 bits per heavy atom. The lowest BCUT2D eigenvalue weighted by atomic mass is 9.88. The van der Waals surface area contributed by atoms with Crippen LogP contribution in [-0.2, 0) is 0 Å². The van der Waals surface area contributed by atoms with Gasteiger partial charge in [0.2, 0.25) is 5.95 Å². The van der Waals surface area contributed by atoms with Crippen LogP contribution < -0.4 is 10.6 Å². The Morgan fingerprint density at radius 2 is 2.10 bits per heavy atom. The van der Waals surface area contributed by atoms with E-state index in [1.165, 1.54) is 0 Å². The highest BCUT2D eigenvalue weighted by Gasteiger charge is 2.18. The standard InChI is InChI=1S/C15H24N4OS/c1-4-16-14-18-12(11-6-9-21-13(11)19-14)17-10-15(2,3)7-5-8-20/h6,9,20H,4-5,7-8,10H2,1-3H3,(H2,16,17,18,19). The minimum atomic E-state index is 0.119. The van der Waals surface area contributed by atoms with Gasteiger partial charge in [-0.2, -0.15) is 4.98 Å². The molecule has 2 aromatic heterocycles. The summed E-state index contributed by atoms with van der Waals surface area (Å²) in [5, 5.41) is 18.7. The molecule has 0 saturated carbocycles. The van der Waals surface area contributed by atoms with Gasteiger partial charge in [-0.3, -0.25) is 0 Å². The zero-order chi connectivity index (χ0) is 15.3. The highest BCUT2D eigenvalue weighted by molar-refractivity contribution is 7.16. The minimum Gasteiger partial charge on any atom is -0.396 e. The van der Waals surface area contributed by atoms with Crippen LogP contribution in [0.4, 0.5) is 11.8 Å². The van der Waals surface area contributed by atoms with Crippen molar-refractivity contribution in [3.63, 3.8) is 0 Å². The van der Waals surface area contributed by atoms with Crippen molar-refractivity contribution in [1.82, 2.24) is 9.97 Å². The van der Waals surface area contributed by atoms with Gasteiger partial charge in [-0.25, -0.2) is 4.98 Å². The van der Waals surface area contributed by atoms with Crippen LogP contribution in [0.3, 0.4) is 0 Å². The number of nitrogens with one attached hydrogen (secondary N) is 2. The number of fused-ring (bicyclic) bond motifs is 1. The van der Waals surface area contributed by atoms with Crippen molar-refractivity contribution < 1.29 is 5.11 Å². The fraction of sp³-hybridized carbons (Fsp3) is 0.600. The number of aromatic nitrogens is 2. The van der Waals surface area contributed by atoms with Crippen LogP contribution in [0.25, 0.3) is 10.2 Å². The van der Waals surface area contributed by atoms with Crippen molar-refractivity contribution in [3.05, 3.63) is 11.4 Å². The van der Waals surface area contributed by atoms with E-state index in [1.807, 2.05) is 12.3 Å². The van der Waals surface area contributed by atoms with Crippen LogP contribution in [0.2, 0.25) is 0 Å². The van der Waals surface area contributed by atoms with Crippen molar-refractivity contribution in [2.24, 2.45) is 5.41 Å². The molecule has 0 amide bonds. The highest BCUT2D eigenvalue weighted by Crippen LogP contribution is 2.28. The molecular formula is C15H24N4OS. The van der Waals surface area contributed by atoms with Crippen LogP contribution in [0.15, 0.2) is 11.4 Å². The Bertz CT molecular complexity index is 582. The maximum atomic E-state index is 8.98. The molecule has 0 spiro atoms. The van der Waals surface area contributed by atoms with Gasteiger partial charge in [-0.15, -0.1) is 11.3 Å². The average molecular weight is 308 g/mol. The molecule has 21 heavy (non-hydrogen) atoms. The van der Waals surface area contributed by atoms with Crippen LogP contribution in [-0.4, -0.2) is 34.8 Å². The number of nitrogens with zero attached hydrogens (tertiary/aromatic N) is 2. The third-order valence-corrected chi connectivity index (χ3v) is 4.21. The second kappa shape index (κ2) is 7.04. The summed E-state index contributed by atoms with van der Waals surface area (Å²) in [6.07, 6.45) is 1.81. The van der Waals surface area contributed by atoms with E-state index in [2.05, 4.69) is 40.5 Å². The van der Waals surface area contributed by atoms with Gasteiger partial charge in [0.25, 0.3) is 0 Å². The van der Waals surface area contributed by atoms with Crippen LogP contribution in [0, 0.1) is 5.41 Å². The lowest BCUT2D eigenvalue weighted by Crippen LogP contribution is -2.24. The first kappa shape index (κ1) is 16.0. The molecule has 3 N–H and O–H groups in total. The molecule has 0 aliphatic carbocycles. The molecule has 0 saturated heterocycles. The maximum Gasteiger partial charge on any atom is 0.226 e. The normalized spacial score (nSPS) is 11.8. The molecule has 0 atom stereocenters. The predicted molar refractivity (Wildman–Crippen MR) is 90.2 cm³/mol. The van der Waals surface area contributed by atoms with Gasteiger partial charge in [0, 0.05) is 19.7 Å². The second-order valence-electron chi connectivity index (χ2n) is 5.91. The van der Waals surface area contributed by atoms with Crippen molar-refractivity contribution in [2.75, 3.05) is 30.3 Å². The molecule has 0 aliphatic heterocycles. The summed E-state index contributed by atoms with van der Waals surface area (Å²) in [5.41, 5.74) is 0.119. The maximum absolute atomic E-state index is 8.98. The minimum absolute atomic E-state index is 0.119. The van der Waals surface area contributed by atoms with Crippen LogP contribution in [0.5, 0.6) is 0 Å². The Labute approximate surface area is 129 Å². The van der Waals surface area contributed by atoms with E-state index in [9.17, 15) is 0 Å². The van der Waals surface area contributed by atoms with E-state index in [1.54, 1.807) is 11.3 Å². The zero-order valence-electron chi connectivity index (χ0n) is 12.9. The molecule has 0 aromatic carbocycles. The van der Waals surface area contributed by atoms with E-state index < -0.39 is 0 Å². The largest absolute Gasteiger partial charge is 0.396 e. The first-order valence-electron chi connectivity index (χ1n) is 7.39. The molecule has 0 fully saturated rings. The average Bonchev–Trinajstić information content (AvgIpc) is 2.91. The molecule has 5 nitrogen and oxygen atoms in total. The number of aliphatic hydroxyl groups excluding tert-OH is 1. The summed E-state index contributed by atoms with van der Waals surface area (Å²) in [6, 6.07) is 2.05. The molecule has 0 radical (unpaired) electrons. The topological polar surface area (TPSA) is 70.1 Å². The quantitative estimate of drug-likeness (QED) is 0.698. The molecular weight excluding hydrogens is 284 g/mol. The number of hydrogen-bond acceptors (Lipinski definition) is 6. The Hall–Kier alpha value is -1.40. The van der Waals surface area contributed by atoms with Crippen LogP contribution in [0.1, 0.15) is 33.6 Å². The molecule has 0 unspecified atom stereocenters. The Kier molecular flexibility index (Phi) is 5.36. The van der Waals surface area contributed by atoms with Gasteiger partial charge < -0.3 is 15.7 Å². The third kappa shape index (κ3) is 4.28. The van der Waals surface area contributed by atoms with Gasteiger partial charge in [-0.1, -0.05) is 13.8 Å². The van der Waals surface area contributed by atoms with Gasteiger partial charge in [0.15, 0.2) is 0 Å². The van der Waals surface area contributed by atoms with Gasteiger partial charge in [0.05, 0.1) is 5.39 Å². The van der Waals surface area contributed by atoms with Gasteiger partial charge in [0.1, 0.15) is 10.6 Å². The second-order valence-corrected chi connectivity index (χ2v) is 6.81. The van der Waals surface area contributed by atoms with Crippen molar-refractivity contribution in [3.8, 4) is 0 Å². The van der Waals surface area contributed by atoms with Crippen molar-refractivity contribution in [1.29, 1.82) is 0 Å². The lowest BCUT2D eigenvalue weighted by molar-refractivity contribution is 0.248. The summed E-state index contributed by atoms with van der Waals surface area (Å²) in [4.78, 5) is 10.1. The molecule has 6 heteroatoms. The highest BCUT2D eigenvalue weighted by atomic mass is 32.1. The first-order valence-corrected chi connectivity index (χ1v) is 8.27. The van der Waals surface area contributed by atoms with Gasteiger partial charge in [-0.05, 0) is 36.6 Å². The summed E-state index contributed by atoms with van der Waals surface area (Å²) >= 11 is 1.62. The van der Waals surface area contributed by atoms with Gasteiger partial charge >= 0.3 is 0 Å². The number of anilines is 2. The number of thiophene rings is 1. The van der Waals surface area contributed by atoms with Crippen molar-refractivity contribution >= 4 is 33.3 Å². The third-order valence-electron chi connectivity index (χ3n) is 3.41. The SMILES string of the molecule is CCNc1nc(NCC(C)(C)CCCO)c2ccsc2n1. The van der Waals surface area contributed by atoms with E-state index in [4.69, 9.17) is 5.11 Å². The van der Waals surface area contributed by atoms with Crippen molar-refractivity contribution in [2.45, 2.75) is 33.6 Å². The Balaban J connectivity index is 2.15. The molecule has 0 aliphatic rings.